The fourth-order valence-corrected chi connectivity index (χ4v) is 2.28. The number of carbonyl (C=O) groups is 1. The Balaban J connectivity index is 2.61. The predicted octanol–water partition coefficient (Wildman–Crippen LogP) is 2.15. The van der Waals surface area contributed by atoms with E-state index in [1.807, 2.05) is 20.8 Å². The molecule has 0 bridgehead atoms. The summed E-state index contributed by atoms with van der Waals surface area (Å²) in [6.45, 7) is 5.50. The van der Waals surface area contributed by atoms with Gasteiger partial charge in [-0.25, -0.2) is 4.79 Å². The van der Waals surface area contributed by atoms with Gasteiger partial charge in [-0.05, 0) is 33.6 Å². The second-order valence-corrected chi connectivity index (χ2v) is 5.82. The van der Waals surface area contributed by atoms with Gasteiger partial charge in [0.1, 0.15) is 5.60 Å². The van der Waals surface area contributed by atoms with E-state index in [1.54, 1.807) is 0 Å². The lowest BCUT2D eigenvalue weighted by Crippen LogP contribution is -2.50. The van der Waals surface area contributed by atoms with Crippen molar-refractivity contribution in [3.63, 3.8) is 0 Å². The zero-order valence-corrected chi connectivity index (χ0v) is 10.9. The molecule has 1 aliphatic rings. The second kappa shape index (κ2) is 4.94. The van der Waals surface area contributed by atoms with Crippen molar-refractivity contribution in [1.29, 1.82) is 5.41 Å². The number of alkyl carbamates (subject to hydrolysis) is 1. The molecular weight excluding hydrogens is 218 g/mol. The Bertz CT molecular complexity index is 301. The average Bonchev–Trinajstić information content (AvgIpc) is 2.47. The minimum absolute atomic E-state index is 0.114. The second-order valence-electron chi connectivity index (χ2n) is 5.82. The van der Waals surface area contributed by atoms with Crippen molar-refractivity contribution in [3.05, 3.63) is 0 Å². The summed E-state index contributed by atoms with van der Waals surface area (Å²) in [5.41, 5.74) is 4.58. The Morgan fingerprint density at radius 1 is 1.41 bits per heavy atom. The van der Waals surface area contributed by atoms with Crippen LogP contribution in [0.15, 0.2) is 0 Å². The van der Waals surface area contributed by atoms with Gasteiger partial charge in [0.25, 0.3) is 0 Å². The Hall–Kier alpha value is -1.26. The smallest absolute Gasteiger partial charge is 0.408 e. The van der Waals surface area contributed by atoms with Gasteiger partial charge in [-0.3, -0.25) is 5.41 Å². The Morgan fingerprint density at radius 3 is 2.35 bits per heavy atom. The van der Waals surface area contributed by atoms with Crippen molar-refractivity contribution in [3.8, 4) is 0 Å². The molecule has 0 spiro atoms. The SMILES string of the molecule is CC(C)(C)OC(=O)NC1(CC(=N)N)CCCC1. The molecule has 1 aliphatic carbocycles. The number of carbonyl (C=O) groups excluding carboxylic acids is 1. The highest BCUT2D eigenvalue weighted by atomic mass is 16.6. The van der Waals surface area contributed by atoms with Gasteiger partial charge < -0.3 is 15.8 Å². The number of rotatable bonds is 3. The van der Waals surface area contributed by atoms with Crippen LogP contribution >= 0.6 is 0 Å². The standard InChI is InChI=1S/C12H23N3O2/c1-11(2,3)17-10(16)15-12(8-9(13)14)6-4-5-7-12/h4-8H2,1-3H3,(H3,13,14)(H,15,16). The highest BCUT2D eigenvalue weighted by Crippen LogP contribution is 2.32. The molecule has 0 heterocycles. The van der Waals surface area contributed by atoms with Gasteiger partial charge in [-0.1, -0.05) is 12.8 Å². The van der Waals surface area contributed by atoms with Gasteiger partial charge in [-0.15, -0.1) is 0 Å². The molecular formula is C12H23N3O2. The number of amidine groups is 1. The molecule has 0 aromatic carbocycles. The van der Waals surface area contributed by atoms with Crippen LogP contribution in [-0.2, 0) is 4.74 Å². The van der Waals surface area contributed by atoms with Crippen LogP contribution in [0.5, 0.6) is 0 Å². The Morgan fingerprint density at radius 2 is 1.94 bits per heavy atom. The molecule has 4 N–H and O–H groups in total. The first kappa shape index (κ1) is 13.8. The van der Waals surface area contributed by atoms with E-state index < -0.39 is 11.7 Å². The first-order valence-electron chi connectivity index (χ1n) is 6.07. The van der Waals surface area contributed by atoms with E-state index in [1.165, 1.54) is 0 Å². The highest BCUT2D eigenvalue weighted by Gasteiger charge is 2.37. The van der Waals surface area contributed by atoms with Crippen molar-refractivity contribution in [2.45, 2.75) is 64.0 Å². The molecule has 0 unspecified atom stereocenters. The third-order valence-corrected chi connectivity index (χ3v) is 2.86. The molecule has 5 heteroatoms. The number of nitrogens with two attached hydrogens (primary N) is 1. The molecule has 0 aromatic rings. The molecule has 0 atom stereocenters. The van der Waals surface area contributed by atoms with Gasteiger partial charge in [0.2, 0.25) is 0 Å². The van der Waals surface area contributed by atoms with Crippen LogP contribution in [0.1, 0.15) is 52.9 Å². The van der Waals surface area contributed by atoms with Crippen LogP contribution in [0.3, 0.4) is 0 Å². The fraction of sp³-hybridized carbons (Fsp3) is 0.833. The molecule has 98 valence electrons. The molecule has 5 nitrogen and oxygen atoms in total. The summed E-state index contributed by atoms with van der Waals surface area (Å²) in [5, 5.41) is 10.3. The van der Waals surface area contributed by atoms with Crippen molar-refractivity contribution >= 4 is 11.9 Å². The monoisotopic (exact) mass is 241 g/mol. The summed E-state index contributed by atoms with van der Waals surface area (Å²) in [4.78, 5) is 11.8. The van der Waals surface area contributed by atoms with Gasteiger partial charge in [0.05, 0.1) is 11.4 Å². The number of hydrogen-bond donors (Lipinski definition) is 3. The topological polar surface area (TPSA) is 88.2 Å². The normalized spacial score (nSPS) is 18.8. The van der Waals surface area contributed by atoms with E-state index in [0.29, 0.717) is 6.42 Å². The van der Waals surface area contributed by atoms with Crippen LogP contribution in [0, 0.1) is 5.41 Å². The molecule has 1 fully saturated rings. The summed E-state index contributed by atoms with van der Waals surface area (Å²) in [6, 6.07) is 0. The molecule has 0 radical (unpaired) electrons. The highest BCUT2D eigenvalue weighted by molar-refractivity contribution is 5.79. The van der Waals surface area contributed by atoms with Crippen LogP contribution in [0.4, 0.5) is 4.79 Å². The average molecular weight is 241 g/mol. The van der Waals surface area contributed by atoms with E-state index >= 15 is 0 Å². The van der Waals surface area contributed by atoms with Gasteiger partial charge in [0.15, 0.2) is 0 Å². The number of nitrogens with one attached hydrogen (secondary N) is 2. The van der Waals surface area contributed by atoms with Gasteiger partial charge in [-0.2, -0.15) is 0 Å². The van der Waals surface area contributed by atoms with E-state index in [9.17, 15) is 4.79 Å². The first-order chi connectivity index (χ1) is 7.72. The molecule has 1 rings (SSSR count). The third-order valence-electron chi connectivity index (χ3n) is 2.86. The lowest BCUT2D eigenvalue weighted by Gasteiger charge is -2.31. The zero-order valence-electron chi connectivity index (χ0n) is 10.9. The van der Waals surface area contributed by atoms with Crippen LogP contribution < -0.4 is 11.1 Å². The fourth-order valence-electron chi connectivity index (χ4n) is 2.28. The van der Waals surface area contributed by atoms with Crippen molar-refractivity contribution < 1.29 is 9.53 Å². The minimum Gasteiger partial charge on any atom is -0.444 e. The minimum atomic E-state index is -0.500. The van der Waals surface area contributed by atoms with Gasteiger partial charge in [0, 0.05) is 6.42 Å². The van der Waals surface area contributed by atoms with Crippen LogP contribution in [0.2, 0.25) is 0 Å². The molecule has 0 saturated heterocycles. The molecule has 17 heavy (non-hydrogen) atoms. The van der Waals surface area contributed by atoms with Gasteiger partial charge >= 0.3 is 6.09 Å². The summed E-state index contributed by atoms with van der Waals surface area (Å²) >= 11 is 0. The first-order valence-corrected chi connectivity index (χ1v) is 6.07. The maximum atomic E-state index is 11.8. The van der Waals surface area contributed by atoms with E-state index in [2.05, 4.69) is 5.32 Å². The van der Waals surface area contributed by atoms with Crippen molar-refractivity contribution in [2.75, 3.05) is 0 Å². The maximum absolute atomic E-state index is 11.8. The molecule has 1 amide bonds. The molecule has 0 aliphatic heterocycles. The summed E-state index contributed by atoms with van der Waals surface area (Å²) in [6.07, 6.45) is 3.84. The summed E-state index contributed by atoms with van der Waals surface area (Å²) in [5.74, 6) is 0.114. The largest absolute Gasteiger partial charge is 0.444 e. The Kier molecular flexibility index (Phi) is 4.01. The zero-order chi connectivity index (χ0) is 13.1. The van der Waals surface area contributed by atoms with E-state index in [4.69, 9.17) is 15.9 Å². The summed E-state index contributed by atoms with van der Waals surface area (Å²) < 4.78 is 5.24. The summed E-state index contributed by atoms with van der Waals surface area (Å²) in [7, 11) is 0. The number of amides is 1. The maximum Gasteiger partial charge on any atom is 0.408 e. The predicted molar refractivity (Wildman–Crippen MR) is 67.1 cm³/mol. The van der Waals surface area contributed by atoms with Crippen molar-refractivity contribution in [1.82, 2.24) is 5.32 Å². The van der Waals surface area contributed by atoms with E-state index in [-0.39, 0.29) is 11.4 Å². The number of hydrogen-bond acceptors (Lipinski definition) is 3. The molecule has 0 aromatic heterocycles. The molecule has 1 saturated carbocycles. The lowest BCUT2D eigenvalue weighted by atomic mass is 9.93. The van der Waals surface area contributed by atoms with Crippen LogP contribution in [-0.4, -0.2) is 23.1 Å². The van der Waals surface area contributed by atoms with Crippen molar-refractivity contribution in [2.24, 2.45) is 5.73 Å². The Labute approximate surface area is 103 Å². The number of ether oxygens (including phenoxy) is 1. The quantitative estimate of drug-likeness (QED) is 0.522. The lowest BCUT2D eigenvalue weighted by molar-refractivity contribution is 0.0460. The third kappa shape index (κ3) is 4.63. The van der Waals surface area contributed by atoms with Crippen LogP contribution in [0.25, 0.3) is 0 Å². The van der Waals surface area contributed by atoms with E-state index in [0.717, 1.165) is 25.7 Å².